The summed E-state index contributed by atoms with van der Waals surface area (Å²) in [4.78, 5) is 22.3. The van der Waals surface area contributed by atoms with E-state index in [0.29, 0.717) is 6.42 Å². The summed E-state index contributed by atoms with van der Waals surface area (Å²) in [6.07, 6.45) is 0.728. The zero-order chi connectivity index (χ0) is 15.8. The van der Waals surface area contributed by atoms with Gasteiger partial charge in [-0.1, -0.05) is 0 Å². The first kappa shape index (κ1) is 15.5. The van der Waals surface area contributed by atoms with Gasteiger partial charge in [0.2, 0.25) is 15.8 Å². The van der Waals surface area contributed by atoms with E-state index in [-0.39, 0.29) is 29.4 Å². The summed E-state index contributed by atoms with van der Waals surface area (Å²) in [5, 5.41) is 9.09. The van der Waals surface area contributed by atoms with Crippen LogP contribution in [0.15, 0.2) is 15.4 Å². The SMILES string of the molecule is COC(=O)c1cc(S(=O)(=O)N2CCC[C@@H]2C(=O)O)c(C)o1. The van der Waals surface area contributed by atoms with Crippen LogP contribution in [0.4, 0.5) is 0 Å². The average molecular weight is 317 g/mol. The number of hydrogen-bond acceptors (Lipinski definition) is 6. The molecule has 21 heavy (non-hydrogen) atoms. The molecular formula is C12H15NO7S. The first-order chi connectivity index (χ1) is 9.78. The Balaban J connectivity index is 2.42. The summed E-state index contributed by atoms with van der Waals surface area (Å²) in [5.41, 5.74) is 0. The smallest absolute Gasteiger partial charge is 0.373 e. The second-order valence-corrected chi connectivity index (χ2v) is 6.49. The third-order valence-corrected chi connectivity index (χ3v) is 5.35. The number of hydrogen-bond donors (Lipinski definition) is 1. The molecule has 0 spiro atoms. The molecule has 1 saturated heterocycles. The van der Waals surface area contributed by atoms with Crippen molar-refractivity contribution in [1.29, 1.82) is 0 Å². The molecule has 9 heteroatoms. The quantitative estimate of drug-likeness (QED) is 0.809. The van der Waals surface area contributed by atoms with Gasteiger partial charge in [0.15, 0.2) is 0 Å². The lowest BCUT2D eigenvalue weighted by atomic mass is 10.2. The van der Waals surface area contributed by atoms with Crippen LogP contribution in [0.5, 0.6) is 0 Å². The molecule has 1 N–H and O–H groups in total. The molecule has 0 bridgehead atoms. The van der Waals surface area contributed by atoms with Gasteiger partial charge in [0.05, 0.1) is 7.11 Å². The lowest BCUT2D eigenvalue weighted by molar-refractivity contribution is -0.140. The van der Waals surface area contributed by atoms with Crippen molar-refractivity contribution in [2.75, 3.05) is 13.7 Å². The monoisotopic (exact) mass is 317 g/mol. The Morgan fingerprint density at radius 2 is 2.14 bits per heavy atom. The van der Waals surface area contributed by atoms with Crippen LogP contribution in [0.3, 0.4) is 0 Å². The molecule has 1 aliphatic heterocycles. The van der Waals surface area contributed by atoms with E-state index in [0.717, 1.165) is 17.5 Å². The Morgan fingerprint density at radius 1 is 1.48 bits per heavy atom. The van der Waals surface area contributed by atoms with Crippen molar-refractivity contribution in [3.63, 3.8) is 0 Å². The van der Waals surface area contributed by atoms with Crippen LogP contribution in [0, 0.1) is 6.92 Å². The van der Waals surface area contributed by atoms with Gasteiger partial charge in [-0.25, -0.2) is 13.2 Å². The molecule has 116 valence electrons. The van der Waals surface area contributed by atoms with Crippen LogP contribution in [0.1, 0.15) is 29.2 Å². The molecular weight excluding hydrogens is 302 g/mol. The number of rotatable bonds is 4. The maximum absolute atomic E-state index is 12.5. The van der Waals surface area contributed by atoms with E-state index in [4.69, 9.17) is 9.52 Å². The highest BCUT2D eigenvalue weighted by molar-refractivity contribution is 7.89. The van der Waals surface area contributed by atoms with Gasteiger partial charge in [0, 0.05) is 12.6 Å². The number of methoxy groups -OCH3 is 1. The van der Waals surface area contributed by atoms with Gasteiger partial charge >= 0.3 is 11.9 Å². The molecule has 0 radical (unpaired) electrons. The standard InChI is InChI=1S/C12H15NO7S/c1-7-10(6-9(20-7)12(16)19-2)21(17,18)13-5-3-4-8(13)11(14)15/h6,8H,3-5H2,1-2H3,(H,14,15)/t8-/m1/s1. The fourth-order valence-electron chi connectivity index (χ4n) is 2.32. The molecule has 0 aliphatic carbocycles. The third kappa shape index (κ3) is 2.66. The normalized spacial score (nSPS) is 19.6. The third-order valence-electron chi connectivity index (χ3n) is 3.33. The van der Waals surface area contributed by atoms with Crippen LogP contribution >= 0.6 is 0 Å². The van der Waals surface area contributed by atoms with Crippen molar-refractivity contribution in [2.24, 2.45) is 0 Å². The zero-order valence-electron chi connectivity index (χ0n) is 11.5. The van der Waals surface area contributed by atoms with E-state index in [2.05, 4.69) is 4.74 Å². The van der Waals surface area contributed by atoms with E-state index in [1.54, 1.807) is 0 Å². The number of furan rings is 1. The van der Waals surface area contributed by atoms with Crippen molar-refractivity contribution >= 4 is 22.0 Å². The summed E-state index contributed by atoms with van der Waals surface area (Å²) < 4.78 is 35.6. The molecule has 2 rings (SSSR count). The van der Waals surface area contributed by atoms with Crippen LogP contribution in [0.25, 0.3) is 0 Å². The van der Waals surface area contributed by atoms with E-state index >= 15 is 0 Å². The van der Waals surface area contributed by atoms with Crippen molar-refractivity contribution < 1.29 is 32.3 Å². The minimum atomic E-state index is -4.03. The number of sulfonamides is 1. The fourth-order valence-corrected chi connectivity index (χ4v) is 4.14. The molecule has 0 unspecified atom stereocenters. The molecule has 0 aromatic carbocycles. The van der Waals surface area contributed by atoms with Gasteiger partial charge in [-0.2, -0.15) is 4.31 Å². The number of nitrogens with zero attached hydrogens (tertiary/aromatic N) is 1. The van der Waals surface area contributed by atoms with Crippen molar-refractivity contribution in [3.05, 3.63) is 17.6 Å². The maximum Gasteiger partial charge on any atom is 0.373 e. The molecule has 1 aromatic heterocycles. The molecule has 0 amide bonds. The lowest BCUT2D eigenvalue weighted by Gasteiger charge is -2.20. The van der Waals surface area contributed by atoms with Gasteiger partial charge in [-0.05, 0) is 19.8 Å². The fraction of sp³-hybridized carbons (Fsp3) is 0.500. The van der Waals surface area contributed by atoms with Crippen molar-refractivity contribution in [2.45, 2.75) is 30.7 Å². The summed E-state index contributed by atoms with van der Waals surface area (Å²) in [6, 6.07) is -0.0286. The number of aliphatic carboxylic acids is 1. The minimum Gasteiger partial charge on any atom is -0.480 e. The zero-order valence-corrected chi connectivity index (χ0v) is 12.3. The first-order valence-corrected chi connectivity index (χ1v) is 7.66. The number of esters is 1. The van der Waals surface area contributed by atoms with Gasteiger partial charge in [0.25, 0.3) is 0 Å². The van der Waals surface area contributed by atoms with Gasteiger partial charge in [-0.15, -0.1) is 0 Å². The van der Waals surface area contributed by atoms with Gasteiger partial charge in [0.1, 0.15) is 16.7 Å². The van der Waals surface area contributed by atoms with Crippen LogP contribution in [0.2, 0.25) is 0 Å². The highest BCUT2D eigenvalue weighted by atomic mass is 32.2. The highest BCUT2D eigenvalue weighted by Gasteiger charge is 2.41. The maximum atomic E-state index is 12.5. The average Bonchev–Trinajstić information content (AvgIpc) is 3.04. The van der Waals surface area contributed by atoms with E-state index in [1.165, 1.54) is 6.92 Å². The molecule has 1 atom stereocenters. The first-order valence-electron chi connectivity index (χ1n) is 6.22. The van der Waals surface area contributed by atoms with E-state index in [1.807, 2.05) is 0 Å². The second kappa shape index (κ2) is 5.49. The highest BCUT2D eigenvalue weighted by Crippen LogP contribution is 2.29. The Labute approximate surface area is 121 Å². The van der Waals surface area contributed by atoms with Crippen LogP contribution < -0.4 is 0 Å². The number of carbonyl (C=O) groups excluding carboxylic acids is 1. The van der Waals surface area contributed by atoms with Crippen LogP contribution in [-0.4, -0.2) is 49.5 Å². The topological polar surface area (TPSA) is 114 Å². The molecule has 8 nitrogen and oxygen atoms in total. The van der Waals surface area contributed by atoms with Gasteiger partial charge in [-0.3, -0.25) is 4.79 Å². The number of aryl methyl sites for hydroxylation is 1. The summed E-state index contributed by atoms with van der Waals surface area (Å²) >= 11 is 0. The molecule has 0 saturated carbocycles. The van der Waals surface area contributed by atoms with E-state index in [9.17, 15) is 18.0 Å². The molecule has 1 aromatic rings. The Hall–Kier alpha value is -1.87. The molecule has 1 aliphatic rings. The number of ether oxygens (including phenoxy) is 1. The molecule has 1 fully saturated rings. The summed E-state index contributed by atoms with van der Waals surface area (Å²) in [7, 11) is -2.89. The second-order valence-electron chi connectivity index (χ2n) is 4.63. The number of carbonyl (C=O) groups is 2. The largest absolute Gasteiger partial charge is 0.480 e. The Bertz CT molecular complexity index is 676. The lowest BCUT2D eigenvalue weighted by Crippen LogP contribution is -2.40. The van der Waals surface area contributed by atoms with Crippen LogP contribution in [-0.2, 0) is 19.6 Å². The summed E-state index contributed by atoms with van der Waals surface area (Å²) in [6.45, 7) is 1.52. The minimum absolute atomic E-state index is 0.0199. The predicted molar refractivity (Wildman–Crippen MR) is 69.3 cm³/mol. The van der Waals surface area contributed by atoms with Crippen molar-refractivity contribution in [3.8, 4) is 0 Å². The Morgan fingerprint density at radius 3 is 2.71 bits per heavy atom. The Kier molecular flexibility index (Phi) is 4.06. The van der Waals surface area contributed by atoms with Gasteiger partial charge < -0.3 is 14.3 Å². The number of carboxylic acid groups (broad SMARTS) is 1. The molecule has 2 heterocycles. The summed E-state index contributed by atoms with van der Waals surface area (Å²) in [5.74, 6) is -2.20. The predicted octanol–water partition coefficient (Wildman–Crippen LogP) is 0.612. The van der Waals surface area contributed by atoms with Crippen molar-refractivity contribution in [1.82, 2.24) is 4.31 Å². The number of carboxylic acids is 1. The van der Waals surface area contributed by atoms with E-state index < -0.39 is 28.0 Å².